The molecular formula is C31H42N8O5. The van der Waals surface area contributed by atoms with Gasteiger partial charge in [0, 0.05) is 30.9 Å². The van der Waals surface area contributed by atoms with Crippen molar-refractivity contribution >= 4 is 40.9 Å². The number of aromatic nitrogens is 4. The van der Waals surface area contributed by atoms with Crippen molar-refractivity contribution in [3.8, 4) is 0 Å². The molecule has 6 N–H and O–H groups in total. The van der Waals surface area contributed by atoms with E-state index >= 15 is 0 Å². The molecule has 13 heteroatoms. The number of pyridine rings is 1. The lowest BCUT2D eigenvalue weighted by atomic mass is 9.90. The van der Waals surface area contributed by atoms with Gasteiger partial charge in [-0.1, -0.05) is 23.4 Å². The lowest BCUT2D eigenvalue weighted by Gasteiger charge is -2.26. The van der Waals surface area contributed by atoms with Gasteiger partial charge in [-0.3, -0.25) is 24.0 Å². The minimum absolute atomic E-state index is 0.205. The molecule has 3 rings (SSSR count). The molecule has 0 fully saturated rings. The van der Waals surface area contributed by atoms with Gasteiger partial charge in [-0.2, -0.15) is 0 Å². The highest BCUT2D eigenvalue weighted by Crippen LogP contribution is 2.23. The molecule has 2 heterocycles. The van der Waals surface area contributed by atoms with Gasteiger partial charge in [-0.05, 0) is 76.1 Å². The Morgan fingerprint density at radius 1 is 1.09 bits per heavy atom. The molecule has 0 saturated heterocycles. The molecule has 0 saturated carbocycles. The van der Waals surface area contributed by atoms with Gasteiger partial charge in [0.1, 0.15) is 18.4 Å². The van der Waals surface area contributed by atoms with Crippen LogP contribution in [0.4, 0.5) is 0 Å². The van der Waals surface area contributed by atoms with Gasteiger partial charge in [0.15, 0.2) is 0 Å². The number of aldehydes is 1. The Morgan fingerprint density at radius 2 is 1.86 bits per heavy atom. The molecule has 0 aliphatic heterocycles. The largest absolute Gasteiger partial charge is 0.389 e. The van der Waals surface area contributed by atoms with E-state index in [9.17, 15) is 24.3 Å². The van der Waals surface area contributed by atoms with Crippen LogP contribution in [-0.4, -0.2) is 73.8 Å². The summed E-state index contributed by atoms with van der Waals surface area (Å²) in [5.74, 6) is -1.31. The number of aryl methyl sites for hydroxylation is 1. The van der Waals surface area contributed by atoms with Crippen LogP contribution in [0.1, 0.15) is 64.3 Å². The van der Waals surface area contributed by atoms with Crippen molar-refractivity contribution in [2.45, 2.75) is 77.7 Å². The van der Waals surface area contributed by atoms with Crippen LogP contribution in [0.15, 0.2) is 48.9 Å². The fraction of sp³-hybridized carbons (Fsp3) is 0.452. The molecule has 1 aromatic carbocycles. The van der Waals surface area contributed by atoms with Crippen molar-refractivity contribution in [1.29, 1.82) is 0 Å². The molecule has 0 radical (unpaired) electrons. The van der Waals surface area contributed by atoms with E-state index in [1.54, 1.807) is 56.9 Å². The quantitative estimate of drug-likeness (QED) is 0.118. The summed E-state index contributed by atoms with van der Waals surface area (Å²) in [7, 11) is 0. The van der Waals surface area contributed by atoms with Crippen molar-refractivity contribution in [2.75, 3.05) is 6.54 Å². The van der Waals surface area contributed by atoms with E-state index in [4.69, 9.17) is 5.73 Å². The van der Waals surface area contributed by atoms with Gasteiger partial charge in [-0.25, -0.2) is 0 Å². The van der Waals surface area contributed by atoms with Gasteiger partial charge in [-0.15, -0.1) is 5.10 Å². The second kappa shape index (κ2) is 15.8. The molecule has 0 unspecified atom stereocenters. The van der Waals surface area contributed by atoms with Crippen LogP contribution < -0.4 is 21.7 Å². The Kier molecular flexibility index (Phi) is 12.2. The molecule has 3 aromatic rings. The van der Waals surface area contributed by atoms with Crippen LogP contribution in [0.5, 0.6) is 0 Å². The molecule has 0 aliphatic rings. The van der Waals surface area contributed by atoms with Gasteiger partial charge in [0.25, 0.3) is 0 Å². The summed E-state index contributed by atoms with van der Waals surface area (Å²) in [6, 6.07) is 5.13. The molecule has 3 amide bonds. The van der Waals surface area contributed by atoms with E-state index in [1.807, 2.05) is 24.3 Å². The molecule has 236 valence electrons. The SMILES string of the molecule is C[C@H](NC(=O)[C@H](CCn1ccnn1)NC(=O)C(C)(C)/C=C/c1cc2cc([C@@H](C)O)ccc2cn1)C(=O)NCCC[C@H](N)C=O. The highest BCUT2D eigenvalue weighted by molar-refractivity contribution is 5.93. The molecule has 13 nitrogen and oxygen atoms in total. The van der Waals surface area contributed by atoms with Gasteiger partial charge < -0.3 is 31.6 Å². The first-order valence-electron chi connectivity index (χ1n) is 14.6. The fourth-order valence-corrected chi connectivity index (χ4v) is 4.27. The number of hydrogen-bond acceptors (Lipinski definition) is 9. The zero-order valence-electron chi connectivity index (χ0n) is 25.6. The standard InChI is InChI=1S/C31H42N8O5/c1-20(28(42)33-12-5-6-25(32)19-40)36-29(43)27(10-14-39-15-13-35-38-39)37-30(44)31(3,4)11-9-26-17-24-16-22(21(2)41)7-8-23(24)18-34-26/h7-9,11,13,15-21,25,27,41H,5-6,10,12,14,32H2,1-4H3,(H,33,42)(H,36,43)(H,37,44)/b11-9+/t20-,21+,25-,27-/m0/s1. The maximum Gasteiger partial charge on any atom is 0.243 e. The minimum atomic E-state index is -1.02. The monoisotopic (exact) mass is 606 g/mol. The smallest absolute Gasteiger partial charge is 0.243 e. The maximum atomic E-state index is 13.4. The van der Waals surface area contributed by atoms with E-state index in [0.29, 0.717) is 37.9 Å². The third-order valence-electron chi connectivity index (χ3n) is 7.19. The first-order valence-corrected chi connectivity index (χ1v) is 14.6. The Balaban J connectivity index is 1.67. The highest BCUT2D eigenvalue weighted by Gasteiger charge is 2.30. The van der Waals surface area contributed by atoms with Crippen LogP contribution >= 0.6 is 0 Å². The molecule has 0 spiro atoms. The number of fused-ring (bicyclic) bond motifs is 1. The van der Waals surface area contributed by atoms with Crippen LogP contribution in [0.25, 0.3) is 16.8 Å². The lowest BCUT2D eigenvalue weighted by molar-refractivity contribution is -0.134. The van der Waals surface area contributed by atoms with Crippen LogP contribution in [0.2, 0.25) is 0 Å². The van der Waals surface area contributed by atoms with E-state index in [-0.39, 0.29) is 6.42 Å². The second-order valence-corrected chi connectivity index (χ2v) is 11.4. The Bertz CT molecular complexity index is 1450. The Hall–Kier alpha value is -4.49. The predicted octanol–water partition coefficient (Wildman–Crippen LogP) is 1.42. The summed E-state index contributed by atoms with van der Waals surface area (Å²) >= 11 is 0. The summed E-state index contributed by atoms with van der Waals surface area (Å²) in [5, 5.41) is 27.7. The summed E-state index contributed by atoms with van der Waals surface area (Å²) in [6.45, 7) is 7.32. The first-order chi connectivity index (χ1) is 20.9. The highest BCUT2D eigenvalue weighted by atomic mass is 16.3. The number of aliphatic hydroxyl groups excluding tert-OH is 1. The third-order valence-corrected chi connectivity index (χ3v) is 7.19. The molecule has 2 aromatic heterocycles. The van der Waals surface area contributed by atoms with Crippen molar-refractivity contribution in [3.63, 3.8) is 0 Å². The number of carbonyl (C=O) groups excluding carboxylic acids is 4. The van der Waals surface area contributed by atoms with Crippen molar-refractivity contribution in [3.05, 3.63) is 60.2 Å². The Labute approximate surface area is 256 Å². The number of carbonyl (C=O) groups is 4. The van der Waals surface area contributed by atoms with E-state index in [0.717, 1.165) is 16.3 Å². The molecule has 44 heavy (non-hydrogen) atoms. The fourth-order valence-electron chi connectivity index (χ4n) is 4.27. The molecule has 4 atom stereocenters. The number of hydrogen-bond donors (Lipinski definition) is 5. The summed E-state index contributed by atoms with van der Waals surface area (Å²) in [6.07, 6.45) is 9.57. The van der Waals surface area contributed by atoms with Crippen LogP contribution in [0, 0.1) is 5.41 Å². The number of rotatable bonds is 16. The average Bonchev–Trinajstić information content (AvgIpc) is 3.53. The van der Waals surface area contributed by atoms with Gasteiger partial charge in [0.05, 0.1) is 29.5 Å². The second-order valence-electron chi connectivity index (χ2n) is 11.4. The predicted molar refractivity (Wildman–Crippen MR) is 166 cm³/mol. The number of nitrogens with two attached hydrogens (primary N) is 1. The first kappa shape index (κ1) is 34.0. The van der Waals surface area contributed by atoms with E-state index in [2.05, 4.69) is 31.2 Å². The van der Waals surface area contributed by atoms with Crippen molar-refractivity contribution in [2.24, 2.45) is 11.1 Å². The summed E-state index contributed by atoms with van der Waals surface area (Å²) < 4.78 is 1.55. The number of aliphatic hydroxyl groups is 1. The number of benzene rings is 1. The topological polar surface area (TPSA) is 194 Å². The number of amides is 3. The zero-order chi connectivity index (χ0) is 32.3. The average molecular weight is 607 g/mol. The van der Waals surface area contributed by atoms with Gasteiger partial charge >= 0.3 is 0 Å². The van der Waals surface area contributed by atoms with Gasteiger partial charge in [0.2, 0.25) is 17.7 Å². The number of nitrogens with one attached hydrogen (secondary N) is 3. The molecule has 0 aliphatic carbocycles. The maximum absolute atomic E-state index is 13.4. The lowest BCUT2D eigenvalue weighted by Crippen LogP contribution is -2.54. The normalized spacial score (nSPS) is 14.5. The summed E-state index contributed by atoms with van der Waals surface area (Å²) in [4.78, 5) is 54.3. The van der Waals surface area contributed by atoms with Crippen LogP contribution in [0.3, 0.4) is 0 Å². The van der Waals surface area contributed by atoms with Crippen molar-refractivity contribution < 1.29 is 24.3 Å². The van der Waals surface area contributed by atoms with E-state index < -0.39 is 47.4 Å². The summed E-state index contributed by atoms with van der Waals surface area (Å²) in [5.41, 5.74) is 5.97. The minimum Gasteiger partial charge on any atom is -0.389 e. The van der Waals surface area contributed by atoms with E-state index in [1.165, 1.54) is 6.20 Å². The Morgan fingerprint density at radius 3 is 2.55 bits per heavy atom. The van der Waals surface area contributed by atoms with Crippen molar-refractivity contribution in [1.82, 2.24) is 35.9 Å². The molecular weight excluding hydrogens is 564 g/mol. The zero-order valence-corrected chi connectivity index (χ0v) is 25.6. The number of nitrogens with zero attached hydrogens (tertiary/aromatic N) is 4. The third kappa shape index (κ3) is 10.1. The van der Waals surface area contributed by atoms with Crippen LogP contribution in [-0.2, 0) is 25.7 Å². The molecule has 0 bridgehead atoms.